The highest BCUT2D eigenvalue weighted by Crippen LogP contribution is 2.57. The maximum absolute atomic E-state index is 2.81. The Balaban J connectivity index is 1.83. The Morgan fingerprint density at radius 1 is 1.14 bits per heavy atom. The van der Waals surface area contributed by atoms with Gasteiger partial charge in [0.25, 0.3) is 0 Å². The minimum atomic E-state index is 0.553. The fourth-order valence-electron chi connectivity index (χ4n) is 5.61. The van der Waals surface area contributed by atoms with Crippen LogP contribution in [0, 0.1) is 5.41 Å². The summed E-state index contributed by atoms with van der Waals surface area (Å²) in [5, 5.41) is 1.53. The van der Waals surface area contributed by atoms with Crippen LogP contribution in [0.15, 0.2) is 24.3 Å². The number of piperidine rings is 1. The highest BCUT2D eigenvalue weighted by Gasteiger charge is 2.50. The molecule has 0 bridgehead atoms. The molecule has 5 rings (SSSR count). The highest BCUT2D eigenvalue weighted by molar-refractivity contribution is 5.86. The molecule has 0 N–H and O–H groups in total. The van der Waals surface area contributed by atoms with E-state index in [1.807, 2.05) is 0 Å². The van der Waals surface area contributed by atoms with Gasteiger partial charge in [-0.05, 0) is 55.7 Å². The smallest absolute Gasteiger partial charge is 0.0560 e. The van der Waals surface area contributed by atoms with Crippen molar-refractivity contribution >= 4 is 10.9 Å². The van der Waals surface area contributed by atoms with Gasteiger partial charge in [-0.15, -0.1) is 0 Å². The van der Waals surface area contributed by atoms with E-state index >= 15 is 0 Å². The predicted molar refractivity (Wildman–Crippen MR) is 86.5 cm³/mol. The van der Waals surface area contributed by atoms with E-state index in [2.05, 4.69) is 40.7 Å². The van der Waals surface area contributed by atoms with E-state index in [0.717, 1.165) is 0 Å². The van der Waals surface area contributed by atoms with Gasteiger partial charge in [0.2, 0.25) is 0 Å². The predicted octanol–water partition coefficient (Wildman–Crippen LogP) is 4.13. The van der Waals surface area contributed by atoms with E-state index in [9.17, 15) is 0 Å². The summed E-state index contributed by atoms with van der Waals surface area (Å²) in [4.78, 5) is 2.81. The fraction of sp³-hybridized carbons (Fsp3) is 0.579. The minimum absolute atomic E-state index is 0.553. The van der Waals surface area contributed by atoms with Gasteiger partial charge in [0.15, 0.2) is 0 Å². The average Bonchev–Trinajstić information content (AvgIpc) is 2.88. The van der Waals surface area contributed by atoms with Crippen LogP contribution in [0.5, 0.6) is 0 Å². The summed E-state index contributed by atoms with van der Waals surface area (Å²) in [6.45, 7) is 6.17. The number of hydrogen-bond acceptors (Lipinski definition) is 1. The second-order valence-electron chi connectivity index (χ2n) is 7.29. The summed E-state index contributed by atoms with van der Waals surface area (Å²) in [5.41, 5.74) is 5.40. The lowest BCUT2D eigenvalue weighted by molar-refractivity contribution is -0.0243. The number of para-hydroxylation sites is 1. The van der Waals surface area contributed by atoms with Crippen molar-refractivity contribution in [1.29, 1.82) is 0 Å². The average molecular weight is 280 g/mol. The molecule has 0 spiro atoms. The molecule has 3 heterocycles. The number of benzene rings is 1. The van der Waals surface area contributed by atoms with Crippen LogP contribution >= 0.6 is 0 Å². The van der Waals surface area contributed by atoms with Gasteiger partial charge >= 0.3 is 0 Å². The van der Waals surface area contributed by atoms with E-state index in [-0.39, 0.29) is 0 Å². The lowest BCUT2D eigenvalue weighted by Gasteiger charge is -2.55. The summed E-state index contributed by atoms with van der Waals surface area (Å²) < 4.78 is 2.67. The molecule has 0 radical (unpaired) electrons. The molecule has 1 aromatic heterocycles. The zero-order chi connectivity index (χ0) is 14.0. The molecular formula is C19H24N2. The summed E-state index contributed by atoms with van der Waals surface area (Å²) in [6, 6.07) is 9.80. The van der Waals surface area contributed by atoms with Crippen LogP contribution in [0.1, 0.15) is 49.9 Å². The maximum Gasteiger partial charge on any atom is 0.0560 e. The number of aromatic nitrogens is 1. The molecule has 0 amide bonds. The molecule has 2 nitrogen and oxygen atoms in total. The number of fused-ring (bicyclic) bond motifs is 3. The molecule has 0 saturated carbocycles. The van der Waals surface area contributed by atoms with Gasteiger partial charge in [-0.3, -0.25) is 4.90 Å². The van der Waals surface area contributed by atoms with Crippen LogP contribution in [0.25, 0.3) is 10.9 Å². The summed E-state index contributed by atoms with van der Waals surface area (Å²) >= 11 is 0. The molecule has 1 aromatic carbocycles. The Morgan fingerprint density at radius 3 is 2.95 bits per heavy atom. The second kappa shape index (κ2) is 4.13. The standard InChI is InChI=1S/C19H24N2/c1-2-19-9-5-11-20-12-13-21-16-7-4-3-6-14(16)15(8-10-19)17(21)18(19)20/h3-4,6-7,18H,2,5,8-13H2,1H3. The summed E-state index contributed by atoms with van der Waals surface area (Å²) in [6.07, 6.45) is 6.87. The zero-order valence-electron chi connectivity index (χ0n) is 12.9. The van der Waals surface area contributed by atoms with Gasteiger partial charge in [-0.2, -0.15) is 0 Å². The van der Waals surface area contributed by atoms with Gasteiger partial charge in [-0.25, -0.2) is 0 Å². The number of nitrogens with zero attached hydrogens (tertiary/aromatic N) is 2. The second-order valence-corrected chi connectivity index (χ2v) is 7.29. The quantitative estimate of drug-likeness (QED) is 0.762. The van der Waals surface area contributed by atoms with Crippen molar-refractivity contribution < 1.29 is 0 Å². The van der Waals surface area contributed by atoms with Crippen molar-refractivity contribution in [2.45, 2.75) is 51.6 Å². The topological polar surface area (TPSA) is 8.17 Å². The van der Waals surface area contributed by atoms with Gasteiger partial charge in [0.1, 0.15) is 0 Å². The molecule has 2 atom stereocenters. The van der Waals surface area contributed by atoms with Crippen LogP contribution in [-0.2, 0) is 13.0 Å². The first-order chi connectivity index (χ1) is 10.3. The van der Waals surface area contributed by atoms with E-state index < -0.39 is 0 Å². The largest absolute Gasteiger partial charge is 0.341 e. The first-order valence-electron chi connectivity index (χ1n) is 8.68. The lowest BCUT2D eigenvalue weighted by atomic mass is 9.63. The minimum Gasteiger partial charge on any atom is -0.341 e. The van der Waals surface area contributed by atoms with Crippen LogP contribution in [0.3, 0.4) is 0 Å². The number of rotatable bonds is 1. The third kappa shape index (κ3) is 1.42. The molecule has 1 aliphatic carbocycles. The zero-order valence-corrected chi connectivity index (χ0v) is 12.9. The summed E-state index contributed by atoms with van der Waals surface area (Å²) in [5.74, 6) is 0. The molecule has 3 aliphatic rings. The number of aryl methyl sites for hydroxylation is 1. The molecule has 21 heavy (non-hydrogen) atoms. The van der Waals surface area contributed by atoms with Gasteiger partial charge in [-0.1, -0.05) is 25.1 Å². The highest BCUT2D eigenvalue weighted by atomic mass is 15.3. The van der Waals surface area contributed by atoms with Crippen LogP contribution in [-0.4, -0.2) is 22.6 Å². The molecule has 2 heteroatoms. The van der Waals surface area contributed by atoms with Crippen molar-refractivity contribution in [2.24, 2.45) is 5.41 Å². The van der Waals surface area contributed by atoms with Crippen molar-refractivity contribution in [1.82, 2.24) is 9.47 Å². The van der Waals surface area contributed by atoms with E-state index in [0.29, 0.717) is 11.5 Å². The van der Waals surface area contributed by atoms with Crippen molar-refractivity contribution in [3.05, 3.63) is 35.5 Å². The van der Waals surface area contributed by atoms with Crippen molar-refractivity contribution in [2.75, 3.05) is 13.1 Å². The van der Waals surface area contributed by atoms with Gasteiger partial charge in [0, 0.05) is 29.7 Å². The van der Waals surface area contributed by atoms with E-state index in [1.165, 1.54) is 62.6 Å². The van der Waals surface area contributed by atoms with Gasteiger partial charge < -0.3 is 4.57 Å². The Labute approximate surface area is 126 Å². The molecule has 1 saturated heterocycles. The first-order valence-corrected chi connectivity index (χ1v) is 8.68. The third-order valence-electron chi connectivity index (χ3n) is 6.63. The van der Waals surface area contributed by atoms with Crippen LogP contribution in [0.2, 0.25) is 0 Å². The molecule has 1 fully saturated rings. The lowest BCUT2D eigenvalue weighted by Crippen LogP contribution is -2.52. The van der Waals surface area contributed by atoms with E-state index in [1.54, 1.807) is 11.3 Å². The van der Waals surface area contributed by atoms with Crippen molar-refractivity contribution in [3.63, 3.8) is 0 Å². The molecule has 110 valence electrons. The number of hydrogen-bond donors (Lipinski definition) is 0. The molecule has 2 aromatic rings. The van der Waals surface area contributed by atoms with Crippen LogP contribution < -0.4 is 0 Å². The summed E-state index contributed by atoms with van der Waals surface area (Å²) in [7, 11) is 0. The fourth-order valence-corrected chi connectivity index (χ4v) is 5.61. The molecule has 2 unspecified atom stereocenters. The van der Waals surface area contributed by atoms with Gasteiger partial charge in [0.05, 0.1) is 6.04 Å². The third-order valence-corrected chi connectivity index (χ3v) is 6.63. The Hall–Kier alpha value is -1.28. The normalized spacial score (nSPS) is 31.4. The van der Waals surface area contributed by atoms with E-state index in [4.69, 9.17) is 0 Å². The first kappa shape index (κ1) is 12.3. The molecule has 2 aliphatic heterocycles. The van der Waals surface area contributed by atoms with Crippen LogP contribution in [0.4, 0.5) is 0 Å². The monoisotopic (exact) mass is 280 g/mol. The Morgan fingerprint density at radius 2 is 2.05 bits per heavy atom. The maximum atomic E-state index is 2.81. The Bertz CT molecular complexity index is 681. The Kier molecular flexibility index (Phi) is 2.42. The SMILES string of the molecule is CCC12CCCN3CCn4c(c(c5ccccc54)CC1)C32. The van der Waals surface area contributed by atoms with Crippen molar-refractivity contribution in [3.8, 4) is 0 Å². The molecular weight excluding hydrogens is 256 g/mol.